The van der Waals surface area contributed by atoms with Crippen molar-refractivity contribution >= 4 is 10.8 Å². The molecule has 0 bridgehead atoms. The fourth-order valence-corrected chi connectivity index (χ4v) is 5.07. The van der Waals surface area contributed by atoms with Crippen LogP contribution in [0.4, 0.5) is 17.6 Å². The van der Waals surface area contributed by atoms with E-state index in [1.165, 1.54) is 69.1 Å². The summed E-state index contributed by atoms with van der Waals surface area (Å²) < 4.78 is 55.7. The molecule has 1 nitrogen and oxygen atoms in total. The molecule has 0 unspecified atom stereocenters. The van der Waals surface area contributed by atoms with E-state index in [0.29, 0.717) is 11.3 Å². The van der Waals surface area contributed by atoms with Gasteiger partial charge in [0, 0.05) is 5.39 Å². The number of ether oxygens (including phenoxy) is 1. The number of halogens is 4. The van der Waals surface area contributed by atoms with Crippen LogP contribution in [-0.4, -0.2) is 6.36 Å². The third kappa shape index (κ3) is 5.87. The van der Waals surface area contributed by atoms with E-state index in [9.17, 15) is 17.6 Å². The van der Waals surface area contributed by atoms with E-state index in [1.807, 2.05) is 0 Å². The quantitative estimate of drug-likeness (QED) is 0.253. The van der Waals surface area contributed by atoms with Gasteiger partial charge in [0.05, 0.1) is 0 Å². The van der Waals surface area contributed by atoms with E-state index >= 15 is 0 Å². The highest BCUT2D eigenvalue weighted by molar-refractivity contribution is 5.89. The molecule has 0 spiro atoms. The lowest BCUT2D eigenvalue weighted by molar-refractivity contribution is -0.275. The second-order valence-electron chi connectivity index (χ2n) is 9.20. The maximum Gasteiger partial charge on any atom is 0.573 e. The van der Waals surface area contributed by atoms with Gasteiger partial charge >= 0.3 is 6.36 Å². The molecule has 0 amide bonds. The van der Waals surface area contributed by atoms with Crippen molar-refractivity contribution in [1.82, 2.24) is 0 Å². The Bertz CT molecular complexity index is 1060. The van der Waals surface area contributed by atoms with E-state index < -0.39 is 17.9 Å². The van der Waals surface area contributed by atoms with Gasteiger partial charge < -0.3 is 4.74 Å². The zero-order chi connectivity index (χ0) is 23.4. The van der Waals surface area contributed by atoms with Gasteiger partial charge in [0.15, 0.2) is 11.6 Å². The predicted octanol–water partition coefficient (Wildman–Crippen LogP) is 9.40. The van der Waals surface area contributed by atoms with Gasteiger partial charge in [0.2, 0.25) is 0 Å². The molecule has 0 radical (unpaired) electrons. The summed E-state index contributed by atoms with van der Waals surface area (Å²) in [5.74, 6) is -0.324. The molecule has 5 heteroatoms. The summed E-state index contributed by atoms with van der Waals surface area (Å²) in [6, 6.07) is 16.1. The van der Waals surface area contributed by atoms with Gasteiger partial charge in [-0.3, -0.25) is 0 Å². The molecule has 1 fully saturated rings. The first-order valence-corrected chi connectivity index (χ1v) is 11.9. The summed E-state index contributed by atoms with van der Waals surface area (Å²) in [4.78, 5) is 0. The molecule has 0 aliphatic heterocycles. The molecule has 0 saturated heterocycles. The Kier molecular flexibility index (Phi) is 7.26. The van der Waals surface area contributed by atoms with Crippen molar-refractivity contribution in [2.45, 2.75) is 70.6 Å². The van der Waals surface area contributed by atoms with Crippen molar-refractivity contribution in [2.24, 2.45) is 5.92 Å². The van der Waals surface area contributed by atoms with E-state index in [-0.39, 0.29) is 5.39 Å². The second kappa shape index (κ2) is 10.1. The predicted molar refractivity (Wildman–Crippen MR) is 125 cm³/mol. The minimum atomic E-state index is -4.93. The minimum Gasteiger partial charge on any atom is -0.403 e. The Hall–Kier alpha value is -2.56. The number of hydrogen-bond acceptors (Lipinski definition) is 1. The van der Waals surface area contributed by atoms with Gasteiger partial charge in [-0.2, -0.15) is 0 Å². The molecule has 0 N–H and O–H groups in total. The first-order valence-electron chi connectivity index (χ1n) is 11.9. The van der Waals surface area contributed by atoms with Crippen LogP contribution >= 0.6 is 0 Å². The Labute approximate surface area is 192 Å². The molecule has 1 saturated carbocycles. The van der Waals surface area contributed by atoms with E-state index in [1.54, 1.807) is 12.1 Å². The molecular weight excluding hydrogens is 428 g/mol. The van der Waals surface area contributed by atoms with Gasteiger partial charge in [0.25, 0.3) is 0 Å². The van der Waals surface area contributed by atoms with Crippen LogP contribution in [0.15, 0.2) is 54.6 Å². The van der Waals surface area contributed by atoms with Crippen molar-refractivity contribution in [3.8, 4) is 16.9 Å². The maximum absolute atomic E-state index is 14.5. The lowest BCUT2D eigenvalue weighted by Crippen LogP contribution is -2.17. The van der Waals surface area contributed by atoms with Gasteiger partial charge in [-0.15, -0.1) is 13.2 Å². The maximum atomic E-state index is 14.5. The summed E-state index contributed by atoms with van der Waals surface area (Å²) in [5, 5.41) is 0.637. The molecule has 1 aliphatic carbocycles. The molecular formula is C28H30F4O. The van der Waals surface area contributed by atoms with Crippen molar-refractivity contribution in [3.05, 3.63) is 66.0 Å². The SMILES string of the molecule is CCCCC[C@H]1CC[C@H](c2ccc(-c3ccc4c(F)c(OC(F)(F)F)ccc4c3)cc2)CC1. The monoisotopic (exact) mass is 458 g/mol. The van der Waals surface area contributed by atoms with E-state index in [4.69, 9.17) is 0 Å². The molecule has 1 aliphatic rings. The lowest BCUT2D eigenvalue weighted by atomic mass is 9.77. The highest BCUT2D eigenvalue weighted by Crippen LogP contribution is 2.39. The van der Waals surface area contributed by atoms with Crippen LogP contribution in [0.25, 0.3) is 21.9 Å². The molecule has 33 heavy (non-hydrogen) atoms. The summed E-state index contributed by atoms with van der Waals surface area (Å²) >= 11 is 0. The molecule has 0 aromatic heterocycles. The standard InChI is InChI=1S/C28H30F4O/c1-2-3-4-5-19-6-8-20(9-7-19)21-10-12-22(13-11-21)23-14-16-25-24(18-23)15-17-26(27(25)29)33-28(30,31)32/h10-20H,2-9H2,1H3/t19-,20-. The Morgan fingerprint density at radius 1 is 0.848 bits per heavy atom. The topological polar surface area (TPSA) is 9.23 Å². The zero-order valence-electron chi connectivity index (χ0n) is 18.9. The molecule has 4 rings (SSSR count). The van der Waals surface area contributed by atoms with Crippen LogP contribution in [-0.2, 0) is 0 Å². The molecule has 0 heterocycles. The third-order valence-electron chi connectivity index (χ3n) is 6.92. The molecule has 0 atom stereocenters. The molecule has 176 valence electrons. The first-order chi connectivity index (χ1) is 15.8. The summed E-state index contributed by atoms with van der Waals surface area (Å²) in [7, 11) is 0. The van der Waals surface area contributed by atoms with Crippen molar-refractivity contribution < 1.29 is 22.3 Å². The number of rotatable bonds is 7. The van der Waals surface area contributed by atoms with Crippen LogP contribution in [0.5, 0.6) is 5.75 Å². The smallest absolute Gasteiger partial charge is 0.403 e. The highest BCUT2D eigenvalue weighted by Gasteiger charge is 2.32. The number of benzene rings is 3. The van der Waals surface area contributed by atoms with Crippen LogP contribution < -0.4 is 4.74 Å². The Balaban J connectivity index is 1.44. The van der Waals surface area contributed by atoms with Crippen molar-refractivity contribution in [2.75, 3.05) is 0 Å². The second-order valence-corrected chi connectivity index (χ2v) is 9.20. The molecule has 3 aromatic rings. The van der Waals surface area contributed by atoms with Gasteiger partial charge in [-0.25, -0.2) is 4.39 Å². The summed E-state index contributed by atoms with van der Waals surface area (Å²) in [6.45, 7) is 2.25. The normalized spacial score (nSPS) is 19.1. The summed E-state index contributed by atoms with van der Waals surface area (Å²) in [6.07, 6.45) is 5.52. The zero-order valence-corrected chi connectivity index (χ0v) is 18.9. The van der Waals surface area contributed by atoms with Gasteiger partial charge in [-0.05, 0) is 71.7 Å². The fourth-order valence-electron chi connectivity index (χ4n) is 5.07. The van der Waals surface area contributed by atoms with Gasteiger partial charge in [0.1, 0.15) is 0 Å². The number of fused-ring (bicyclic) bond motifs is 1. The average molecular weight is 459 g/mol. The number of hydrogen-bond donors (Lipinski definition) is 0. The van der Waals surface area contributed by atoms with Crippen LogP contribution in [0.2, 0.25) is 0 Å². The van der Waals surface area contributed by atoms with Gasteiger partial charge in [-0.1, -0.05) is 75.1 Å². The number of alkyl halides is 3. The van der Waals surface area contributed by atoms with Crippen LogP contribution in [0.3, 0.4) is 0 Å². The van der Waals surface area contributed by atoms with Crippen molar-refractivity contribution in [1.29, 1.82) is 0 Å². The first kappa shape index (κ1) is 23.6. The third-order valence-corrected chi connectivity index (χ3v) is 6.92. The Morgan fingerprint density at radius 3 is 2.21 bits per heavy atom. The summed E-state index contributed by atoms with van der Waals surface area (Å²) in [5.41, 5.74) is 3.27. The lowest BCUT2D eigenvalue weighted by Gasteiger charge is -2.29. The minimum absolute atomic E-state index is 0.104. The van der Waals surface area contributed by atoms with E-state index in [0.717, 1.165) is 23.1 Å². The number of unbranched alkanes of at least 4 members (excludes halogenated alkanes) is 2. The fraction of sp³-hybridized carbons (Fsp3) is 0.429. The van der Waals surface area contributed by atoms with E-state index in [2.05, 4.69) is 35.9 Å². The average Bonchev–Trinajstić information content (AvgIpc) is 2.81. The van der Waals surface area contributed by atoms with Crippen LogP contribution in [0.1, 0.15) is 69.8 Å². The highest BCUT2D eigenvalue weighted by atomic mass is 19.4. The molecule has 3 aromatic carbocycles. The van der Waals surface area contributed by atoms with Crippen LogP contribution in [0, 0.1) is 11.7 Å². The largest absolute Gasteiger partial charge is 0.573 e. The Morgan fingerprint density at radius 2 is 1.55 bits per heavy atom. The van der Waals surface area contributed by atoms with Crippen molar-refractivity contribution in [3.63, 3.8) is 0 Å².